The molecule has 2 saturated carbocycles. The van der Waals surface area contributed by atoms with E-state index >= 15 is 0 Å². The van der Waals surface area contributed by atoms with Crippen LogP contribution in [0.25, 0.3) is 11.1 Å². The van der Waals surface area contributed by atoms with Crippen LogP contribution in [0.3, 0.4) is 0 Å². The third kappa shape index (κ3) is 4.09. The van der Waals surface area contributed by atoms with Crippen LogP contribution >= 0.6 is 0 Å². The molecule has 4 aliphatic carbocycles. The Hall–Kier alpha value is -3.73. The van der Waals surface area contributed by atoms with Crippen LogP contribution in [0.15, 0.2) is 42.6 Å². The number of aromatic nitrogens is 1. The molecule has 2 aromatic carbocycles. The number of carbonyl (C=O) groups is 1. The summed E-state index contributed by atoms with van der Waals surface area (Å²) in [6.07, 6.45) is -3.17. The Labute approximate surface area is 225 Å². The number of ether oxygens (including phenoxy) is 2. The summed E-state index contributed by atoms with van der Waals surface area (Å²) < 4.78 is 81.9. The standard InChI is InChI=1S/C29H24F5NO5/c1-27(2,38)5-6-39-21-4-3-13(8-20(21)31)15-7-14(19(30)10-18(15)29(32,33)34)12-40-22-9-16-17(11-35-22)24-25-23(16)28(24,25)26(36)37/h3-4,7-11,23-25,38H,5-6,12H2,1-2H3,(H,36,37)/t23?,24-,25+,28-/m0/s1. The summed E-state index contributed by atoms with van der Waals surface area (Å²) in [7, 11) is 0. The molecule has 2 bridgehead atoms. The third-order valence-electron chi connectivity index (χ3n) is 8.15. The second kappa shape index (κ2) is 8.63. The van der Waals surface area contributed by atoms with Gasteiger partial charge in [0.05, 0.1) is 23.2 Å². The van der Waals surface area contributed by atoms with Crippen molar-refractivity contribution in [2.45, 2.75) is 50.5 Å². The Morgan fingerprint density at radius 3 is 2.38 bits per heavy atom. The van der Waals surface area contributed by atoms with Crippen molar-refractivity contribution in [3.63, 3.8) is 0 Å². The molecule has 7 rings (SSSR count). The van der Waals surface area contributed by atoms with Crippen molar-refractivity contribution in [1.82, 2.24) is 4.98 Å². The van der Waals surface area contributed by atoms with Gasteiger partial charge in [-0.3, -0.25) is 4.79 Å². The minimum absolute atomic E-state index is 0.0122. The molecule has 2 N–H and O–H groups in total. The first kappa shape index (κ1) is 26.5. The lowest BCUT2D eigenvalue weighted by molar-refractivity contribution is -0.141. The lowest BCUT2D eigenvalue weighted by Gasteiger charge is -2.18. The number of hydrogen-bond acceptors (Lipinski definition) is 5. The van der Waals surface area contributed by atoms with E-state index in [0.29, 0.717) is 6.07 Å². The second-order valence-corrected chi connectivity index (χ2v) is 11.2. The molecule has 0 saturated heterocycles. The van der Waals surface area contributed by atoms with Crippen molar-refractivity contribution in [3.05, 3.63) is 76.5 Å². The minimum Gasteiger partial charge on any atom is -0.490 e. The lowest BCUT2D eigenvalue weighted by Crippen LogP contribution is -2.21. The minimum atomic E-state index is -4.92. The number of alkyl halides is 3. The van der Waals surface area contributed by atoms with Gasteiger partial charge in [-0.2, -0.15) is 13.2 Å². The summed E-state index contributed by atoms with van der Waals surface area (Å²) in [5, 5.41) is 19.3. The maximum absolute atomic E-state index is 14.8. The molecule has 1 aromatic heterocycles. The van der Waals surface area contributed by atoms with E-state index in [2.05, 4.69) is 4.98 Å². The van der Waals surface area contributed by atoms with Crippen molar-refractivity contribution in [1.29, 1.82) is 0 Å². The van der Waals surface area contributed by atoms with Gasteiger partial charge in [-0.05, 0) is 66.3 Å². The molecule has 4 aliphatic rings. The summed E-state index contributed by atoms with van der Waals surface area (Å²) in [4.78, 5) is 15.8. The number of carboxylic acid groups (broad SMARTS) is 1. The molecule has 2 fully saturated rings. The third-order valence-corrected chi connectivity index (χ3v) is 8.15. The molecule has 1 unspecified atom stereocenters. The van der Waals surface area contributed by atoms with E-state index in [1.54, 1.807) is 26.1 Å². The number of aliphatic carboxylic acids is 1. The normalized spacial score (nSPS) is 23.9. The van der Waals surface area contributed by atoms with E-state index in [-0.39, 0.29) is 53.5 Å². The van der Waals surface area contributed by atoms with E-state index < -0.39 is 52.5 Å². The number of halogens is 5. The number of aliphatic hydroxyl groups is 1. The number of carboxylic acids is 1. The number of nitrogens with zero attached hydrogens (tertiary/aromatic N) is 1. The highest BCUT2D eigenvalue weighted by Gasteiger charge is 2.95. The largest absolute Gasteiger partial charge is 0.490 e. The summed E-state index contributed by atoms with van der Waals surface area (Å²) in [5.74, 6) is -3.06. The molecule has 40 heavy (non-hydrogen) atoms. The lowest BCUT2D eigenvalue weighted by atomic mass is 9.96. The fourth-order valence-corrected chi connectivity index (χ4v) is 6.07. The fraction of sp³-hybridized carbons (Fsp3) is 0.379. The van der Waals surface area contributed by atoms with Crippen LogP contribution < -0.4 is 9.47 Å². The molecule has 0 aliphatic heterocycles. The maximum Gasteiger partial charge on any atom is 0.417 e. The topological polar surface area (TPSA) is 88.9 Å². The van der Waals surface area contributed by atoms with Crippen LogP contribution in [-0.2, 0) is 17.6 Å². The summed E-state index contributed by atoms with van der Waals surface area (Å²) in [5.41, 5.74) is -2.14. The molecule has 0 amide bonds. The molecule has 1 heterocycles. The van der Waals surface area contributed by atoms with E-state index in [1.165, 1.54) is 12.1 Å². The Morgan fingerprint density at radius 1 is 1.02 bits per heavy atom. The van der Waals surface area contributed by atoms with Crippen LogP contribution in [-0.4, -0.2) is 33.4 Å². The number of benzene rings is 2. The van der Waals surface area contributed by atoms with Crippen molar-refractivity contribution < 1.29 is 46.4 Å². The van der Waals surface area contributed by atoms with Gasteiger partial charge in [-0.15, -0.1) is 0 Å². The summed E-state index contributed by atoms with van der Waals surface area (Å²) in [6, 6.07) is 6.23. The highest BCUT2D eigenvalue weighted by atomic mass is 19.4. The molecule has 4 atom stereocenters. The number of hydrogen-bond donors (Lipinski definition) is 2. The van der Waals surface area contributed by atoms with Crippen molar-refractivity contribution in [2.24, 2.45) is 11.3 Å². The summed E-state index contributed by atoms with van der Waals surface area (Å²) in [6.45, 7) is 2.65. The molecule has 11 heteroatoms. The first-order valence-electron chi connectivity index (χ1n) is 12.6. The fourth-order valence-electron chi connectivity index (χ4n) is 6.07. The van der Waals surface area contributed by atoms with Crippen LogP contribution in [0.1, 0.15) is 54.4 Å². The zero-order valence-electron chi connectivity index (χ0n) is 21.4. The van der Waals surface area contributed by atoms with Gasteiger partial charge in [-0.25, -0.2) is 13.8 Å². The van der Waals surface area contributed by atoms with Crippen molar-refractivity contribution in [3.8, 4) is 22.8 Å². The van der Waals surface area contributed by atoms with Gasteiger partial charge in [0, 0.05) is 36.1 Å². The highest BCUT2D eigenvalue weighted by molar-refractivity contribution is 5.93. The first-order chi connectivity index (χ1) is 18.7. The van der Waals surface area contributed by atoms with Crippen LogP contribution in [0.4, 0.5) is 22.0 Å². The molecular weight excluding hydrogens is 537 g/mol. The van der Waals surface area contributed by atoms with Crippen molar-refractivity contribution in [2.75, 3.05) is 6.61 Å². The zero-order valence-corrected chi connectivity index (χ0v) is 21.4. The smallest absolute Gasteiger partial charge is 0.417 e. The molecular formula is C29H24F5NO5. The second-order valence-electron chi connectivity index (χ2n) is 11.2. The average molecular weight is 562 g/mol. The molecule has 0 spiro atoms. The van der Waals surface area contributed by atoms with Gasteiger partial charge in [0.2, 0.25) is 5.88 Å². The number of rotatable bonds is 9. The van der Waals surface area contributed by atoms with Gasteiger partial charge < -0.3 is 19.7 Å². The van der Waals surface area contributed by atoms with Crippen LogP contribution in [0, 0.1) is 23.0 Å². The quantitative estimate of drug-likeness (QED) is 0.309. The monoisotopic (exact) mass is 561 g/mol. The van der Waals surface area contributed by atoms with Gasteiger partial charge in [-0.1, -0.05) is 6.07 Å². The molecule has 210 valence electrons. The van der Waals surface area contributed by atoms with E-state index in [0.717, 1.165) is 23.3 Å². The van der Waals surface area contributed by atoms with Gasteiger partial charge >= 0.3 is 12.1 Å². The molecule has 3 aromatic rings. The predicted molar refractivity (Wildman–Crippen MR) is 131 cm³/mol. The van der Waals surface area contributed by atoms with E-state index in [9.17, 15) is 37.0 Å². The van der Waals surface area contributed by atoms with Crippen molar-refractivity contribution >= 4 is 5.97 Å². The van der Waals surface area contributed by atoms with Crippen LogP contribution in [0.2, 0.25) is 0 Å². The Bertz CT molecular complexity index is 1550. The van der Waals surface area contributed by atoms with Crippen LogP contribution in [0.5, 0.6) is 11.6 Å². The van der Waals surface area contributed by atoms with E-state index in [1.807, 2.05) is 0 Å². The van der Waals surface area contributed by atoms with Gasteiger partial charge in [0.15, 0.2) is 11.6 Å². The average Bonchev–Trinajstić information content (AvgIpc) is 3.65. The number of pyridine rings is 1. The predicted octanol–water partition coefficient (Wildman–Crippen LogP) is 6.06. The summed E-state index contributed by atoms with van der Waals surface area (Å²) >= 11 is 0. The van der Waals surface area contributed by atoms with Gasteiger partial charge in [0.25, 0.3) is 0 Å². The Kier molecular flexibility index (Phi) is 5.72. The van der Waals surface area contributed by atoms with Gasteiger partial charge in [0.1, 0.15) is 12.4 Å². The SMILES string of the molecule is CC(C)(O)CCOc1ccc(-c2cc(COc3cc4c(cn3)[C@H]3[C@H]5C4[C@@]53C(=O)O)c(F)cc2C(F)(F)F)cc1F. The highest BCUT2D eigenvalue weighted by Crippen LogP contribution is 2.96. The maximum atomic E-state index is 14.8. The Balaban J connectivity index is 1.23. The molecule has 6 nitrogen and oxygen atoms in total. The molecule has 0 radical (unpaired) electrons. The Morgan fingerprint density at radius 2 is 1.75 bits per heavy atom. The zero-order chi connectivity index (χ0) is 28.8. The van der Waals surface area contributed by atoms with E-state index in [4.69, 9.17) is 9.47 Å². The first-order valence-corrected chi connectivity index (χ1v) is 12.6.